The van der Waals surface area contributed by atoms with Crippen molar-refractivity contribution >= 4 is 27.6 Å². The average molecular weight is 291 g/mol. The number of aryl methyl sites for hydroxylation is 2. The van der Waals surface area contributed by atoms with Crippen molar-refractivity contribution in [2.45, 2.75) is 39.4 Å². The van der Waals surface area contributed by atoms with E-state index in [-0.39, 0.29) is 4.75 Å². The highest BCUT2D eigenvalue weighted by Crippen LogP contribution is 2.20. The molecule has 0 aliphatic rings. The zero-order valence-electron chi connectivity index (χ0n) is 12.9. The summed E-state index contributed by atoms with van der Waals surface area (Å²) in [5, 5.41) is 5.52. The number of aromatic nitrogens is 2. The lowest BCUT2D eigenvalue weighted by atomic mass is 10.1. The van der Waals surface area contributed by atoms with Crippen molar-refractivity contribution < 1.29 is 4.21 Å². The molecule has 2 aromatic rings. The zero-order valence-corrected chi connectivity index (χ0v) is 13.7. The van der Waals surface area contributed by atoms with Gasteiger partial charge in [0.2, 0.25) is 0 Å². The van der Waals surface area contributed by atoms with Gasteiger partial charge in [-0.3, -0.25) is 4.68 Å². The Morgan fingerprint density at radius 3 is 2.60 bits per heavy atom. The quantitative estimate of drug-likeness (QED) is 0.798. The van der Waals surface area contributed by atoms with Crippen molar-refractivity contribution in [2.75, 3.05) is 0 Å². The Morgan fingerprint density at radius 1 is 1.35 bits per heavy atom. The summed E-state index contributed by atoms with van der Waals surface area (Å²) in [6.07, 6.45) is 0. The third-order valence-corrected chi connectivity index (χ3v) is 4.68. The second kappa shape index (κ2) is 5.13. The first-order valence-electron chi connectivity index (χ1n) is 6.61. The number of benzene rings is 1. The molecule has 1 aromatic heterocycles. The van der Waals surface area contributed by atoms with E-state index in [0.717, 1.165) is 27.9 Å². The second-order valence-corrected chi connectivity index (χ2v) is 7.88. The maximum Gasteiger partial charge on any atom is 0.145 e. The van der Waals surface area contributed by atoms with Gasteiger partial charge in [0, 0.05) is 12.4 Å². The molecule has 1 aromatic carbocycles. The van der Waals surface area contributed by atoms with E-state index in [2.05, 4.69) is 15.6 Å². The van der Waals surface area contributed by atoms with Gasteiger partial charge in [-0.1, -0.05) is 6.07 Å². The fourth-order valence-electron chi connectivity index (χ4n) is 1.98. The minimum Gasteiger partial charge on any atom is -0.268 e. The Hall–Kier alpha value is -1.49. The molecule has 2 rings (SSSR count). The molecule has 0 bridgehead atoms. The first-order chi connectivity index (χ1) is 9.20. The van der Waals surface area contributed by atoms with Crippen LogP contribution in [0.3, 0.4) is 0 Å². The van der Waals surface area contributed by atoms with Crippen LogP contribution in [-0.4, -0.2) is 24.4 Å². The Kier molecular flexibility index (Phi) is 3.82. The van der Waals surface area contributed by atoms with Gasteiger partial charge in [-0.25, -0.2) is 4.21 Å². The highest BCUT2D eigenvalue weighted by atomic mass is 32.2. The summed E-state index contributed by atoms with van der Waals surface area (Å²) in [4.78, 5) is 0. The number of fused-ring (bicyclic) bond motifs is 1. The van der Waals surface area contributed by atoms with E-state index in [1.807, 2.05) is 58.5 Å². The molecule has 0 aliphatic carbocycles. The molecule has 0 unspecified atom stereocenters. The van der Waals surface area contributed by atoms with Crippen molar-refractivity contribution in [1.29, 1.82) is 0 Å². The predicted octanol–water partition coefficient (Wildman–Crippen LogP) is 3.15. The molecule has 0 radical (unpaired) electrons. The largest absolute Gasteiger partial charge is 0.268 e. The van der Waals surface area contributed by atoms with Crippen LogP contribution >= 0.6 is 0 Å². The fraction of sp³-hybridized carbons (Fsp3) is 0.467. The van der Waals surface area contributed by atoms with Crippen molar-refractivity contribution in [3.8, 4) is 0 Å². The summed E-state index contributed by atoms with van der Waals surface area (Å²) >= 11 is 0. The van der Waals surface area contributed by atoms with Crippen LogP contribution in [0.2, 0.25) is 0 Å². The topological polar surface area (TPSA) is 47.2 Å². The normalized spacial score (nSPS) is 14.8. The van der Waals surface area contributed by atoms with Crippen molar-refractivity contribution in [2.24, 2.45) is 11.4 Å². The smallest absolute Gasteiger partial charge is 0.145 e. The molecule has 0 saturated heterocycles. The van der Waals surface area contributed by atoms with E-state index >= 15 is 0 Å². The third kappa shape index (κ3) is 2.82. The molecule has 1 heterocycles. The standard InChI is InChI=1S/C15H21N3OS/c1-10(17-20(19)15(3,4)5)12-7-8-14-13(9-12)11(2)16-18(14)6/h7-9H,1-6H3/b17-10-/t20-/m1/s1. The minimum atomic E-state index is -1.23. The van der Waals surface area contributed by atoms with Gasteiger partial charge < -0.3 is 0 Å². The maximum atomic E-state index is 12.1. The van der Waals surface area contributed by atoms with E-state index < -0.39 is 11.0 Å². The molecule has 4 nitrogen and oxygen atoms in total. The van der Waals surface area contributed by atoms with Crippen LogP contribution in [0.25, 0.3) is 10.9 Å². The summed E-state index contributed by atoms with van der Waals surface area (Å²) in [5.74, 6) is 0. The Morgan fingerprint density at radius 2 is 2.00 bits per heavy atom. The van der Waals surface area contributed by atoms with Gasteiger partial charge in [-0.2, -0.15) is 9.50 Å². The minimum absolute atomic E-state index is 0.338. The fourth-order valence-corrected chi connectivity index (χ4v) is 2.61. The molecule has 0 fully saturated rings. The maximum absolute atomic E-state index is 12.1. The van der Waals surface area contributed by atoms with Crippen molar-refractivity contribution in [1.82, 2.24) is 9.78 Å². The monoisotopic (exact) mass is 291 g/mol. The number of hydrogen-bond donors (Lipinski definition) is 0. The first-order valence-corrected chi connectivity index (χ1v) is 7.72. The van der Waals surface area contributed by atoms with Crippen molar-refractivity contribution in [3.05, 3.63) is 29.5 Å². The van der Waals surface area contributed by atoms with E-state index in [9.17, 15) is 4.21 Å². The average Bonchev–Trinajstić information content (AvgIpc) is 2.63. The summed E-state index contributed by atoms with van der Waals surface area (Å²) < 4.78 is 17.9. The summed E-state index contributed by atoms with van der Waals surface area (Å²) in [7, 11) is 0.700. The molecule has 1 atom stereocenters. The van der Waals surface area contributed by atoms with E-state index in [1.165, 1.54) is 0 Å². The lowest BCUT2D eigenvalue weighted by Gasteiger charge is -2.14. The summed E-state index contributed by atoms with van der Waals surface area (Å²) in [6.45, 7) is 9.67. The van der Waals surface area contributed by atoms with Crippen LogP contribution < -0.4 is 0 Å². The molecule has 0 spiro atoms. The lowest BCUT2D eigenvalue weighted by Crippen LogP contribution is -2.20. The second-order valence-electron chi connectivity index (χ2n) is 5.98. The Balaban J connectivity index is 2.46. The van der Waals surface area contributed by atoms with Crippen LogP contribution in [0.4, 0.5) is 0 Å². The highest BCUT2D eigenvalue weighted by molar-refractivity contribution is 7.85. The molecule has 108 valence electrons. The van der Waals surface area contributed by atoms with Gasteiger partial charge in [-0.15, -0.1) is 0 Å². The molecular formula is C15H21N3OS. The Labute approximate surface area is 122 Å². The van der Waals surface area contributed by atoms with Gasteiger partial charge in [0.05, 0.1) is 21.7 Å². The van der Waals surface area contributed by atoms with E-state index in [1.54, 1.807) is 0 Å². The Bertz CT molecular complexity index is 708. The molecule has 0 N–H and O–H groups in total. The lowest BCUT2D eigenvalue weighted by molar-refractivity contribution is 0.650. The molecule has 0 amide bonds. The van der Waals surface area contributed by atoms with Gasteiger partial charge >= 0.3 is 0 Å². The van der Waals surface area contributed by atoms with E-state index in [0.29, 0.717) is 0 Å². The number of hydrogen-bond acceptors (Lipinski definition) is 2. The summed E-state index contributed by atoms with van der Waals surface area (Å²) in [6, 6.07) is 6.10. The first kappa shape index (κ1) is 14.9. The van der Waals surface area contributed by atoms with Gasteiger partial charge in [0.1, 0.15) is 11.0 Å². The van der Waals surface area contributed by atoms with Crippen LogP contribution in [0.5, 0.6) is 0 Å². The van der Waals surface area contributed by atoms with Crippen LogP contribution in [0.15, 0.2) is 22.6 Å². The zero-order chi connectivity index (χ0) is 15.1. The SMILES string of the molecule is C/C(=N/[S@](=O)C(C)(C)C)c1ccc2c(c1)c(C)nn2C. The molecular weight excluding hydrogens is 270 g/mol. The third-order valence-electron chi connectivity index (χ3n) is 3.20. The molecule has 0 aliphatic heterocycles. The van der Waals surface area contributed by atoms with Gasteiger partial charge in [0.15, 0.2) is 0 Å². The molecule has 0 saturated carbocycles. The van der Waals surface area contributed by atoms with Gasteiger partial charge in [-0.05, 0) is 52.3 Å². The van der Waals surface area contributed by atoms with Crippen molar-refractivity contribution in [3.63, 3.8) is 0 Å². The summed E-state index contributed by atoms with van der Waals surface area (Å²) in [5.41, 5.74) is 3.87. The molecule has 20 heavy (non-hydrogen) atoms. The predicted molar refractivity (Wildman–Crippen MR) is 85.6 cm³/mol. The van der Waals surface area contributed by atoms with Crippen LogP contribution in [-0.2, 0) is 18.0 Å². The van der Waals surface area contributed by atoms with Crippen LogP contribution in [0.1, 0.15) is 39.0 Å². The van der Waals surface area contributed by atoms with Gasteiger partial charge in [0.25, 0.3) is 0 Å². The number of rotatable bonds is 2. The number of nitrogens with zero attached hydrogens (tertiary/aromatic N) is 3. The molecule has 5 heteroatoms. The van der Waals surface area contributed by atoms with Crippen LogP contribution in [0, 0.1) is 6.92 Å². The van der Waals surface area contributed by atoms with E-state index in [4.69, 9.17) is 0 Å². The highest BCUT2D eigenvalue weighted by Gasteiger charge is 2.19.